The van der Waals surface area contributed by atoms with E-state index < -0.39 is 0 Å². The lowest BCUT2D eigenvalue weighted by molar-refractivity contribution is -0.000722. The lowest BCUT2D eigenvalue weighted by atomic mass is 9.91. The zero-order chi connectivity index (χ0) is 11.6. The molecule has 0 aromatic rings. The quantitative estimate of drug-likeness (QED) is 0.786. The molecule has 0 saturated carbocycles. The number of piperidine rings is 1. The van der Waals surface area contributed by atoms with Crippen molar-refractivity contribution in [3.63, 3.8) is 0 Å². The summed E-state index contributed by atoms with van der Waals surface area (Å²) in [4.78, 5) is 2.68. The third-order valence-electron chi connectivity index (χ3n) is 4.35. The maximum Gasteiger partial charge on any atom is 0.0634 e. The van der Waals surface area contributed by atoms with E-state index in [1.807, 2.05) is 7.11 Å². The van der Waals surface area contributed by atoms with Crippen LogP contribution in [-0.4, -0.2) is 49.8 Å². The predicted molar refractivity (Wildman–Crippen MR) is 66.7 cm³/mol. The fourth-order valence-corrected chi connectivity index (χ4v) is 2.96. The van der Waals surface area contributed by atoms with Crippen LogP contribution in [0.4, 0.5) is 0 Å². The van der Waals surface area contributed by atoms with Crippen molar-refractivity contribution in [3.05, 3.63) is 0 Å². The Morgan fingerprint density at radius 3 is 2.94 bits per heavy atom. The largest absolute Gasteiger partial charge is 0.379 e. The number of nitrogens with one attached hydrogen (secondary N) is 1. The van der Waals surface area contributed by atoms with Gasteiger partial charge in [0.15, 0.2) is 0 Å². The molecule has 2 aliphatic heterocycles. The highest BCUT2D eigenvalue weighted by molar-refractivity contribution is 4.92. The Morgan fingerprint density at radius 2 is 2.19 bits per heavy atom. The minimum atomic E-state index is 0.0268. The topological polar surface area (TPSA) is 24.5 Å². The number of fused-ring (bicyclic) bond motifs is 1. The summed E-state index contributed by atoms with van der Waals surface area (Å²) in [6, 6.07) is 0.793. The molecule has 16 heavy (non-hydrogen) atoms. The maximum atomic E-state index is 5.50. The van der Waals surface area contributed by atoms with Gasteiger partial charge in [-0.05, 0) is 52.1 Å². The number of ether oxygens (including phenoxy) is 1. The van der Waals surface area contributed by atoms with Crippen LogP contribution in [0, 0.1) is 5.92 Å². The molecule has 94 valence electrons. The highest BCUT2D eigenvalue weighted by Crippen LogP contribution is 2.27. The van der Waals surface area contributed by atoms with E-state index >= 15 is 0 Å². The third-order valence-corrected chi connectivity index (χ3v) is 4.35. The Morgan fingerprint density at radius 1 is 1.38 bits per heavy atom. The monoisotopic (exact) mass is 226 g/mol. The van der Waals surface area contributed by atoms with Crippen LogP contribution in [0.15, 0.2) is 0 Å². The van der Waals surface area contributed by atoms with Gasteiger partial charge in [-0.1, -0.05) is 0 Å². The summed E-state index contributed by atoms with van der Waals surface area (Å²) < 4.78 is 5.50. The smallest absolute Gasteiger partial charge is 0.0634 e. The maximum absolute atomic E-state index is 5.50. The van der Waals surface area contributed by atoms with Crippen molar-refractivity contribution in [3.8, 4) is 0 Å². The van der Waals surface area contributed by atoms with Crippen LogP contribution in [0.2, 0.25) is 0 Å². The second-order valence-electron chi connectivity index (χ2n) is 5.88. The van der Waals surface area contributed by atoms with Gasteiger partial charge in [-0.2, -0.15) is 0 Å². The van der Waals surface area contributed by atoms with Crippen LogP contribution < -0.4 is 5.32 Å². The fourth-order valence-electron chi connectivity index (χ4n) is 2.96. The van der Waals surface area contributed by atoms with Crippen molar-refractivity contribution in [1.82, 2.24) is 10.2 Å². The predicted octanol–water partition coefficient (Wildman–Crippen LogP) is 1.49. The number of nitrogens with zero attached hydrogens (tertiary/aromatic N) is 1. The molecule has 0 amide bonds. The molecule has 0 aromatic heterocycles. The van der Waals surface area contributed by atoms with E-state index in [2.05, 4.69) is 24.1 Å². The van der Waals surface area contributed by atoms with Crippen LogP contribution in [0.3, 0.4) is 0 Å². The summed E-state index contributed by atoms with van der Waals surface area (Å²) in [5.41, 5.74) is 0.0268. The summed E-state index contributed by atoms with van der Waals surface area (Å²) in [7, 11) is 1.82. The van der Waals surface area contributed by atoms with Crippen LogP contribution >= 0.6 is 0 Å². The molecule has 2 atom stereocenters. The van der Waals surface area contributed by atoms with Gasteiger partial charge in [-0.15, -0.1) is 0 Å². The normalized spacial score (nSPS) is 31.7. The molecule has 3 heteroatoms. The van der Waals surface area contributed by atoms with Crippen molar-refractivity contribution in [2.45, 2.75) is 44.8 Å². The molecule has 0 radical (unpaired) electrons. The van der Waals surface area contributed by atoms with E-state index in [0.717, 1.165) is 18.4 Å². The Hall–Kier alpha value is -0.120. The third kappa shape index (κ3) is 2.76. The molecule has 1 N–H and O–H groups in total. The number of rotatable bonds is 4. The molecular formula is C13H26N2O. The van der Waals surface area contributed by atoms with Crippen LogP contribution in [-0.2, 0) is 4.74 Å². The van der Waals surface area contributed by atoms with E-state index in [1.54, 1.807) is 0 Å². The molecular weight excluding hydrogens is 200 g/mol. The molecule has 2 rings (SSSR count). The lowest BCUT2D eigenvalue weighted by Crippen LogP contribution is -2.46. The molecule has 2 unspecified atom stereocenters. The molecule has 2 heterocycles. The second-order valence-corrected chi connectivity index (χ2v) is 5.88. The molecule has 2 fully saturated rings. The van der Waals surface area contributed by atoms with Crippen molar-refractivity contribution >= 4 is 0 Å². The molecule has 3 nitrogen and oxygen atoms in total. The molecule has 2 aliphatic rings. The van der Waals surface area contributed by atoms with Crippen molar-refractivity contribution < 1.29 is 4.74 Å². The van der Waals surface area contributed by atoms with E-state index in [9.17, 15) is 0 Å². The van der Waals surface area contributed by atoms with Crippen LogP contribution in [0.1, 0.15) is 33.1 Å². The standard InChI is InChI=1S/C13H26N2O/c1-13(2,16-3)6-8-15-7-4-5-11-9-14-10-12(11)15/h11-12,14H,4-10H2,1-3H3. The van der Waals surface area contributed by atoms with E-state index in [0.29, 0.717) is 0 Å². The highest BCUT2D eigenvalue weighted by Gasteiger charge is 2.35. The zero-order valence-electron chi connectivity index (χ0n) is 11.0. The van der Waals surface area contributed by atoms with Crippen molar-refractivity contribution in [2.75, 3.05) is 33.3 Å². The number of hydrogen-bond acceptors (Lipinski definition) is 3. The number of hydrogen-bond donors (Lipinski definition) is 1. The average Bonchev–Trinajstić information content (AvgIpc) is 2.75. The minimum Gasteiger partial charge on any atom is -0.379 e. The summed E-state index contributed by atoms with van der Waals surface area (Å²) >= 11 is 0. The van der Waals surface area contributed by atoms with E-state index in [4.69, 9.17) is 4.74 Å². The Kier molecular flexibility index (Phi) is 3.88. The molecule has 0 spiro atoms. The number of likely N-dealkylation sites (tertiary alicyclic amines) is 1. The average molecular weight is 226 g/mol. The van der Waals surface area contributed by atoms with Gasteiger partial charge >= 0.3 is 0 Å². The highest BCUT2D eigenvalue weighted by atomic mass is 16.5. The van der Waals surface area contributed by atoms with Crippen molar-refractivity contribution in [2.24, 2.45) is 5.92 Å². The van der Waals surface area contributed by atoms with Crippen LogP contribution in [0.25, 0.3) is 0 Å². The first-order valence-electron chi connectivity index (χ1n) is 6.62. The summed E-state index contributed by atoms with van der Waals surface area (Å²) in [6.07, 6.45) is 3.92. The second kappa shape index (κ2) is 5.03. The van der Waals surface area contributed by atoms with Gasteiger partial charge in [0.2, 0.25) is 0 Å². The van der Waals surface area contributed by atoms with E-state index in [-0.39, 0.29) is 5.60 Å². The van der Waals surface area contributed by atoms with Gasteiger partial charge in [-0.3, -0.25) is 4.90 Å². The molecule has 0 aromatic carbocycles. The van der Waals surface area contributed by atoms with E-state index in [1.165, 1.54) is 39.0 Å². The van der Waals surface area contributed by atoms with Gasteiger partial charge in [0.1, 0.15) is 0 Å². The summed E-state index contributed by atoms with van der Waals surface area (Å²) in [5.74, 6) is 0.902. The SMILES string of the molecule is COC(C)(C)CCN1CCCC2CNCC21. The molecule has 0 aliphatic carbocycles. The van der Waals surface area contributed by atoms with Gasteiger partial charge in [-0.25, -0.2) is 0 Å². The Labute approximate surface area is 99.5 Å². The Bertz CT molecular complexity index is 230. The van der Waals surface area contributed by atoms with Crippen molar-refractivity contribution in [1.29, 1.82) is 0 Å². The minimum absolute atomic E-state index is 0.0268. The van der Waals surface area contributed by atoms with Crippen LogP contribution in [0.5, 0.6) is 0 Å². The molecule has 2 saturated heterocycles. The first-order valence-corrected chi connectivity index (χ1v) is 6.62. The van der Waals surface area contributed by atoms with Gasteiger partial charge in [0.05, 0.1) is 5.60 Å². The zero-order valence-corrected chi connectivity index (χ0v) is 11.0. The number of methoxy groups -OCH3 is 1. The fraction of sp³-hybridized carbons (Fsp3) is 1.00. The Balaban J connectivity index is 1.84. The van der Waals surface area contributed by atoms with Gasteiger partial charge in [0, 0.05) is 26.2 Å². The first-order chi connectivity index (χ1) is 7.62. The lowest BCUT2D eigenvalue weighted by Gasteiger charge is -2.38. The molecule has 0 bridgehead atoms. The summed E-state index contributed by atoms with van der Waals surface area (Å²) in [5, 5.41) is 3.53. The summed E-state index contributed by atoms with van der Waals surface area (Å²) in [6.45, 7) is 9.25. The van der Waals surface area contributed by atoms with Gasteiger partial charge < -0.3 is 10.1 Å². The first kappa shape index (κ1) is 12.3. The van der Waals surface area contributed by atoms with Gasteiger partial charge in [0.25, 0.3) is 0 Å².